The second kappa shape index (κ2) is 4.30. The molecule has 0 atom stereocenters. The van der Waals surface area contributed by atoms with Crippen LogP contribution in [0.15, 0.2) is 0 Å². The summed E-state index contributed by atoms with van der Waals surface area (Å²) in [6, 6.07) is 0.409. The number of hydrogen-bond acceptors (Lipinski definition) is 3. The van der Waals surface area contributed by atoms with E-state index in [1.54, 1.807) is 0 Å². The summed E-state index contributed by atoms with van der Waals surface area (Å²) >= 11 is 0. The molecule has 0 amide bonds. The highest BCUT2D eigenvalue weighted by atomic mass is 15.3. The van der Waals surface area contributed by atoms with E-state index in [9.17, 15) is 0 Å². The molecule has 1 aromatic heterocycles. The van der Waals surface area contributed by atoms with Crippen molar-refractivity contribution in [3.8, 4) is 0 Å². The predicted molar refractivity (Wildman–Crippen MR) is 78.1 cm³/mol. The van der Waals surface area contributed by atoms with Crippen LogP contribution < -0.4 is 5.73 Å². The third-order valence-corrected chi connectivity index (χ3v) is 5.98. The van der Waals surface area contributed by atoms with Gasteiger partial charge in [0, 0.05) is 11.5 Å². The first-order valence-electron chi connectivity index (χ1n) is 8.25. The second-order valence-corrected chi connectivity index (χ2v) is 7.81. The lowest BCUT2D eigenvalue weighted by molar-refractivity contribution is -0.0116. The Hall–Kier alpha value is -0.900. The highest BCUT2D eigenvalue weighted by Gasteiger charge is 2.54. The molecular formula is C16H26N4. The van der Waals surface area contributed by atoms with Gasteiger partial charge in [0.25, 0.3) is 0 Å². The third kappa shape index (κ3) is 1.70. The van der Waals surface area contributed by atoms with Crippen molar-refractivity contribution in [3.63, 3.8) is 0 Å². The lowest BCUT2D eigenvalue weighted by Gasteiger charge is -2.56. The number of aromatic nitrogens is 3. The van der Waals surface area contributed by atoms with Crippen LogP contribution in [0.25, 0.3) is 0 Å². The van der Waals surface area contributed by atoms with Gasteiger partial charge in [-0.2, -0.15) is 0 Å². The number of hydrogen-bond donors (Lipinski definition) is 1. The van der Waals surface area contributed by atoms with Crippen LogP contribution in [0.3, 0.4) is 0 Å². The Kier molecular flexibility index (Phi) is 2.75. The topological polar surface area (TPSA) is 56.7 Å². The molecule has 110 valence electrons. The Morgan fingerprint density at radius 2 is 1.65 bits per heavy atom. The molecule has 0 unspecified atom stereocenters. The number of nitrogens with two attached hydrogens (primary N) is 1. The van der Waals surface area contributed by atoms with Crippen LogP contribution in [0.5, 0.6) is 0 Å². The first kappa shape index (κ1) is 12.8. The Labute approximate surface area is 121 Å². The maximum Gasteiger partial charge on any atom is 0.147 e. The summed E-state index contributed by atoms with van der Waals surface area (Å²) in [6.45, 7) is 4.95. The second-order valence-electron chi connectivity index (χ2n) is 7.81. The van der Waals surface area contributed by atoms with Crippen molar-refractivity contribution in [2.24, 2.45) is 23.5 Å². The Bertz CT molecular complexity index is 481. The van der Waals surface area contributed by atoms with E-state index in [1.807, 2.05) is 0 Å². The zero-order chi connectivity index (χ0) is 13.9. The van der Waals surface area contributed by atoms with Gasteiger partial charge in [0.05, 0.1) is 6.54 Å². The van der Waals surface area contributed by atoms with Crippen molar-refractivity contribution in [2.75, 3.05) is 0 Å². The molecule has 0 aromatic carbocycles. The van der Waals surface area contributed by atoms with E-state index in [1.165, 1.54) is 44.3 Å². The molecule has 5 rings (SSSR count). The van der Waals surface area contributed by atoms with Crippen LogP contribution >= 0.6 is 0 Å². The van der Waals surface area contributed by atoms with Crippen molar-refractivity contribution >= 4 is 0 Å². The van der Waals surface area contributed by atoms with Gasteiger partial charge < -0.3 is 10.3 Å². The monoisotopic (exact) mass is 274 g/mol. The quantitative estimate of drug-likeness (QED) is 0.922. The summed E-state index contributed by atoms with van der Waals surface area (Å²) in [6.07, 6.45) is 8.44. The predicted octanol–water partition coefficient (Wildman–Crippen LogP) is 2.79. The molecule has 0 radical (unpaired) electrons. The minimum absolute atomic E-state index is 0.319. The van der Waals surface area contributed by atoms with Crippen LogP contribution in [-0.2, 0) is 12.0 Å². The van der Waals surface area contributed by atoms with E-state index in [2.05, 4.69) is 28.6 Å². The van der Waals surface area contributed by atoms with Crippen LogP contribution in [0.4, 0.5) is 0 Å². The van der Waals surface area contributed by atoms with E-state index >= 15 is 0 Å². The molecule has 4 nitrogen and oxygen atoms in total. The third-order valence-electron chi connectivity index (χ3n) is 5.98. The smallest absolute Gasteiger partial charge is 0.147 e. The van der Waals surface area contributed by atoms with Crippen molar-refractivity contribution in [1.29, 1.82) is 0 Å². The Morgan fingerprint density at radius 3 is 2.10 bits per heavy atom. The molecule has 2 N–H and O–H groups in total. The van der Waals surface area contributed by atoms with E-state index in [0.717, 1.165) is 23.6 Å². The van der Waals surface area contributed by atoms with Gasteiger partial charge >= 0.3 is 0 Å². The van der Waals surface area contributed by atoms with E-state index < -0.39 is 0 Å². The standard InChI is InChI=1S/C16H26N4/c1-10(2)20-14(9-17)18-19-15(20)16-6-11-3-12(7-16)5-13(4-11)8-16/h10-13H,3-9,17H2,1-2H3. The SMILES string of the molecule is CC(C)n1c(CN)nnc1C12CC3CC(CC(C3)C1)C2. The molecule has 4 heteroatoms. The van der Waals surface area contributed by atoms with Gasteiger partial charge in [0.2, 0.25) is 0 Å². The average Bonchev–Trinajstić information content (AvgIpc) is 2.81. The van der Waals surface area contributed by atoms with E-state index in [4.69, 9.17) is 5.73 Å². The molecule has 4 saturated carbocycles. The largest absolute Gasteiger partial charge is 0.324 e. The summed E-state index contributed by atoms with van der Waals surface area (Å²) in [5.74, 6) is 5.05. The zero-order valence-electron chi connectivity index (χ0n) is 12.7. The summed E-state index contributed by atoms with van der Waals surface area (Å²) < 4.78 is 2.34. The molecule has 20 heavy (non-hydrogen) atoms. The van der Waals surface area contributed by atoms with Gasteiger partial charge in [-0.3, -0.25) is 0 Å². The Morgan fingerprint density at radius 1 is 1.10 bits per heavy atom. The van der Waals surface area contributed by atoms with Gasteiger partial charge in [-0.05, 0) is 70.1 Å². The average molecular weight is 274 g/mol. The fraction of sp³-hybridized carbons (Fsp3) is 0.875. The summed E-state index contributed by atoms with van der Waals surface area (Å²) in [4.78, 5) is 0. The minimum Gasteiger partial charge on any atom is -0.324 e. The van der Waals surface area contributed by atoms with Crippen molar-refractivity contribution in [3.05, 3.63) is 11.6 Å². The first-order chi connectivity index (χ1) is 9.61. The van der Waals surface area contributed by atoms with Gasteiger partial charge in [-0.1, -0.05) is 0 Å². The number of rotatable bonds is 3. The molecule has 4 aliphatic carbocycles. The summed E-state index contributed by atoms with van der Waals surface area (Å²) in [7, 11) is 0. The van der Waals surface area contributed by atoms with Crippen molar-refractivity contribution < 1.29 is 0 Å². The molecule has 4 bridgehead atoms. The summed E-state index contributed by atoms with van der Waals surface area (Å²) in [5.41, 5.74) is 6.19. The normalized spacial score (nSPS) is 38.9. The Balaban J connectivity index is 1.79. The highest BCUT2D eigenvalue weighted by Crippen LogP contribution is 2.60. The molecule has 4 aliphatic rings. The zero-order valence-corrected chi connectivity index (χ0v) is 12.7. The molecule has 1 aromatic rings. The molecular weight excluding hydrogens is 248 g/mol. The fourth-order valence-electron chi connectivity index (χ4n) is 5.75. The van der Waals surface area contributed by atoms with E-state index in [-0.39, 0.29) is 0 Å². The lowest BCUT2D eigenvalue weighted by atomic mass is 9.49. The van der Waals surface area contributed by atoms with Crippen LogP contribution in [-0.4, -0.2) is 14.8 Å². The first-order valence-corrected chi connectivity index (χ1v) is 8.25. The molecule has 0 saturated heterocycles. The van der Waals surface area contributed by atoms with Gasteiger partial charge in [0.15, 0.2) is 0 Å². The molecule has 0 spiro atoms. The maximum atomic E-state index is 5.87. The van der Waals surface area contributed by atoms with Crippen molar-refractivity contribution in [1.82, 2.24) is 14.8 Å². The molecule has 1 heterocycles. The molecule has 0 aliphatic heterocycles. The highest BCUT2D eigenvalue weighted by molar-refractivity contribution is 5.19. The molecule has 4 fully saturated rings. The lowest BCUT2D eigenvalue weighted by Crippen LogP contribution is -2.50. The number of nitrogens with zero attached hydrogens (tertiary/aromatic N) is 3. The van der Waals surface area contributed by atoms with Gasteiger partial charge in [0.1, 0.15) is 11.6 Å². The van der Waals surface area contributed by atoms with E-state index in [0.29, 0.717) is 18.0 Å². The van der Waals surface area contributed by atoms with Gasteiger partial charge in [-0.15, -0.1) is 10.2 Å². The van der Waals surface area contributed by atoms with Crippen LogP contribution in [0, 0.1) is 17.8 Å². The van der Waals surface area contributed by atoms with Crippen LogP contribution in [0.2, 0.25) is 0 Å². The van der Waals surface area contributed by atoms with Crippen molar-refractivity contribution in [2.45, 2.75) is 70.4 Å². The van der Waals surface area contributed by atoms with Gasteiger partial charge in [-0.25, -0.2) is 0 Å². The minimum atomic E-state index is 0.319. The summed E-state index contributed by atoms with van der Waals surface area (Å²) in [5, 5.41) is 9.03. The maximum absolute atomic E-state index is 5.87. The fourth-order valence-corrected chi connectivity index (χ4v) is 5.75. The van der Waals surface area contributed by atoms with Crippen LogP contribution in [0.1, 0.15) is 70.1 Å².